The van der Waals surface area contributed by atoms with Crippen LogP contribution in [0.15, 0.2) is 66.3 Å². The molecule has 0 bridgehead atoms. The number of allylic oxidation sites excluding steroid dienone is 1. The second-order valence-electron chi connectivity index (χ2n) is 7.27. The van der Waals surface area contributed by atoms with Gasteiger partial charge in [-0.2, -0.15) is 13.2 Å². The van der Waals surface area contributed by atoms with Gasteiger partial charge in [-0.1, -0.05) is 41.6 Å². The molecule has 1 heterocycles. The van der Waals surface area contributed by atoms with Crippen molar-refractivity contribution in [3.05, 3.63) is 83.7 Å². The number of amides is 2. The van der Waals surface area contributed by atoms with E-state index in [0.717, 1.165) is 29.5 Å². The van der Waals surface area contributed by atoms with Crippen molar-refractivity contribution in [1.82, 2.24) is 20.1 Å². The number of carbonyl (C=O) groups excluding carboxylic acids is 2. The largest absolute Gasteiger partial charge is 0.416 e. The Morgan fingerprint density at radius 1 is 1.15 bits per heavy atom. The van der Waals surface area contributed by atoms with E-state index in [2.05, 4.69) is 27.4 Å². The lowest BCUT2D eigenvalue weighted by Gasteiger charge is -2.10. The van der Waals surface area contributed by atoms with E-state index in [-0.39, 0.29) is 23.9 Å². The molecule has 2 amide bonds. The maximum absolute atomic E-state index is 12.9. The van der Waals surface area contributed by atoms with Gasteiger partial charge in [0.15, 0.2) is 11.0 Å². The fraction of sp³-hybridized carbons (Fsp3) is 0.217. The van der Waals surface area contributed by atoms with Gasteiger partial charge in [-0.25, -0.2) is 0 Å². The third-order valence-corrected chi connectivity index (χ3v) is 5.57. The highest BCUT2D eigenvalue weighted by Gasteiger charge is 2.30. The fourth-order valence-electron chi connectivity index (χ4n) is 3.02. The van der Waals surface area contributed by atoms with Gasteiger partial charge in [0.2, 0.25) is 5.91 Å². The molecule has 1 aromatic heterocycles. The van der Waals surface area contributed by atoms with Crippen LogP contribution in [0.5, 0.6) is 0 Å². The summed E-state index contributed by atoms with van der Waals surface area (Å²) in [6.45, 7) is 6.06. The second kappa shape index (κ2) is 11.0. The highest BCUT2D eigenvalue weighted by molar-refractivity contribution is 7.99. The van der Waals surface area contributed by atoms with Crippen molar-refractivity contribution >= 4 is 29.3 Å². The van der Waals surface area contributed by atoms with Gasteiger partial charge in [0.1, 0.15) is 0 Å². The Labute approximate surface area is 198 Å². The molecule has 0 aliphatic rings. The predicted molar refractivity (Wildman–Crippen MR) is 123 cm³/mol. The molecule has 34 heavy (non-hydrogen) atoms. The van der Waals surface area contributed by atoms with Crippen molar-refractivity contribution in [2.24, 2.45) is 0 Å². The molecule has 2 N–H and O–H groups in total. The zero-order chi connectivity index (χ0) is 24.7. The Hall–Kier alpha value is -3.60. The van der Waals surface area contributed by atoms with Crippen molar-refractivity contribution in [3.8, 4) is 0 Å². The number of alkyl halides is 3. The third kappa shape index (κ3) is 6.70. The molecule has 0 atom stereocenters. The first-order valence-electron chi connectivity index (χ1n) is 10.1. The predicted octanol–water partition coefficient (Wildman–Crippen LogP) is 4.45. The highest BCUT2D eigenvalue weighted by Crippen LogP contribution is 2.30. The van der Waals surface area contributed by atoms with E-state index >= 15 is 0 Å². The SMILES string of the molecule is C=CCn1c(CNC(=O)c2cccc(C)c2)nnc1SCC(=O)Nc1cccc(C(F)(F)F)c1. The normalized spacial score (nSPS) is 11.2. The van der Waals surface area contributed by atoms with E-state index in [1.54, 1.807) is 28.8 Å². The molecule has 2 aromatic carbocycles. The Bertz CT molecular complexity index is 1190. The standard InChI is InChI=1S/C23H22F3N5O2S/c1-3-10-31-19(13-27-21(33)16-7-4-6-15(2)11-16)29-30-22(31)34-14-20(32)28-18-9-5-8-17(12-18)23(24,25)26/h3-9,11-12H,1,10,13-14H2,2H3,(H,27,33)(H,28,32). The summed E-state index contributed by atoms with van der Waals surface area (Å²) in [5.41, 5.74) is 0.689. The second-order valence-corrected chi connectivity index (χ2v) is 8.21. The number of nitrogens with one attached hydrogen (secondary N) is 2. The first kappa shape index (κ1) is 25.0. The first-order chi connectivity index (χ1) is 16.2. The molecule has 0 aliphatic carbocycles. The number of nitrogens with zero attached hydrogens (tertiary/aromatic N) is 3. The number of anilines is 1. The summed E-state index contributed by atoms with van der Waals surface area (Å²) in [4.78, 5) is 24.7. The number of thioether (sulfide) groups is 1. The van der Waals surface area contributed by atoms with Gasteiger partial charge in [0.05, 0.1) is 17.9 Å². The van der Waals surface area contributed by atoms with E-state index in [4.69, 9.17) is 0 Å². The number of rotatable bonds is 9. The van der Waals surface area contributed by atoms with Crippen LogP contribution in [0.4, 0.5) is 18.9 Å². The Morgan fingerprint density at radius 2 is 1.91 bits per heavy atom. The summed E-state index contributed by atoms with van der Waals surface area (Å²) in [5, 5.41) is 13.8. The summed E-state index contributed by atoms with van der Waals surface area (Å²) < 4.78 is 40.3. The molecule has 7 nitrogen and oxygen atoms in total. The van der Waals surface area contributed by atoms with Crippen LogP contribution in [0.3, 0.4) is 0 Å². The smallest absolute Gasteiger partial charge is 0.345 e. The van der Waals surface area contributed by atoms with E-state index < -0.39 is 17.6 Å². The highest BCUT2D eigenvalue weighted by atomic mass is 32.2. The summed E-state index contributed by atoms with van der Waals surface area (Å²) in [7, 11) is 0. The lowest BCUT2D eigenvalue weighted by Crippen LogP contribution is -2.25. The number of aryl methyl sites for hydroxylation is 1. The zero-order valence-corrected chi connectivity index (χ0v) is 19.0. The lowest BCUT2D eigenvalue weighted by molar-refractivity contribution is -0.137. The summed E-state index contributed by atoms with van der Waals surface area (Å²) >= 11 is 1.07. The molecular formula is C23H22F3N5O2S. The topological polar surface area (TPSA) is 88.9 Å². The lowest BCUT2D eigenvalue weighted by atomic mass is 10.1. The van der Waals surface area contributed by atoms with Gasteiger partial charge in [-0.15, -0.1) is 16.8 Å². The van der Waals surface area contributed by atoms with Crippen LogP contribution in [0.25, 0.3) is 0 Å². The van der Waals surface area contributed by atoms with Gasteiger partial charge in [-0.3, -0.25) is 9.59 Å². The summed E-state index contributed by atoms with van der Waals surface area (Å²) in [6.07, 6.45) is -2.87. The Kier molecular flexibility index (Phi) is 8.11. The number of hydrogen-bond donors (Lipinski definition) is 2. The van der Waals surface area contributed by atoms with Gasteiger partial charge in [-0.05, 0) is 37.3 Å². The minimum Gasteiger partial charge on any atom is -0.345 e. The molecule has 0 aliphatic heterocycles. The molecule has 178 valence electrons. The number of aromatic nitrogens is 3. The van der Waals surface area contributed by atoms with E-state index in [0.29, 0.717) is 23.1 Å². The van der Waals surface area contributed by atoms with Gasteiger partial charge in [0, 0.05) is 17.8 Å². The molecule has 0 radical (unpaired) electrons. The maximum atomic E-state index is 12.9. The van der Waals surface area contributed by atoms with Gasteiger partial charge >= 0.3 is 6.18 Å². The Morgan fingerprint density at radius 3 is 2.62 bits per heavy atom. The van der Waals surface area contributed by atoms with Crippen LogP contribution < -0.4 is 10.6 Å². The monoisotopic (exact) mass is 489 g/mol. The minimum atomic E-state index is -4.50. The molecule has 11 heteroatoms. The van der Waals surface area contributed by atoms with Gasteiger partial charge < -0.3 is 15.2 Å². The molecular weight excluding hydrogens is 467 g/mol. The van der Waals surface area contributed by atoms with Crippen molar-refractivity contribution in [2.45, 2.75) is 31.3 Å². The van der Waals surface area contributed by atoms with Crippen molar-refractivity contribution < 1.29 is 22.8 Å². The number of hydrogen-bond acceptors (Lipinski definition) is 5. The van der Waals surface area contributed by atoms with Gasteiger partial charge in [0.25, 0.3) is 5.91 Å². The number of carbonyl (C=O) groups is 2. The van der Waals surface area contributed by atoms with Crippen LogP contribution in [-0.2, 0) is 24.1 Å². The van der Waals surface area contributed by atoms with Crippen molar-refractivity contribution in [3.63, 3.8) is 0 Å². The molecule has 0 saturated heterocycles. The summed E-state index contributed by atoms with van der Waals surface area (Å²) in [5.74, 6) is -0.374. The number of benzene rings is 2. The molecule has 3 rings (SSSR count). The average molecular weight is 490 g/mol. The first-order valence-corrected chi connectivity index (χ1v) is 11.1. The van der Waals surface area contributed by atoms with Crippen molar-refractivity contribution in [2.75, 3.05) is 11.1 Å². The van der Waals surface area contributed by atoms with Crippen LogP contribution >= 0.6 is 11.8 Å². The average Bonchev–Trinajstić information content (AvgIpc) is 3.17. The van der Waals surface area contributed by atoms with E-state index in [9.17, 15) is 22.8 Å². The zero-order valence-electron chi connectivity index (χ0n) is 18.2. The molecule has 0 fully saturated rings. The molecule has 0 unspecified atom stereocenters. The van der Waals surface area contributed by atoms with Crippen LogP contribution in [0.1, 0.15) is 27.3 Å². The molecule has 3 aromatic rings. The molecule has 0 spiro atoms. The Balaban J connectivity index is 1.61. The van der Waals surface area contributed by atoms with Crippen molar-refractivity contribution in [1.29, 1.82) is 0 Å². The van der Waals surface area contributed by atoms with E-state index in [1.807, 2.05) is 13.0 Å². The third-order valence-electron chi connectivity index (χ3n) is 4.60. The minimum absolute atomic E-state index is 0.0486. The molecule has 0 saturated carbocycles. The number of halogens is 3. The van der Waals surface area contributed by atoms with E-state index in [1.165, 1.54) is 12.1 Å². The van der Waals surface area contributed by atoms with Crippen LogP contribution in [0, 0.1) is 6.92 Å². The van der Waals surface area contributed by atoms with Crippen LogP contribution in [0.2, 0.25) is 0 Å². The quantitative estimate of drug-likeness (QED) is 0.342. The maximum Gasteiger partial charge on any atom is 0.416 e. The fourth-order valence-corrected chi connectivity index (χ4v) is 3.78. The summed E-state index contributed by atoms with van der Waals surface area (Å²) in [6, 6.07) is 11.6. The van der Waals surface area contributed by atoms with Crippen LogP contribution in [-0.4, -0.2) is 32.3 Å².